The second-order valence-corrected chi connectivity index (χ2v) is 7.40. The predicted octanol–water partition coefficient (Wildman–Crippen LogP) is 5.46. The number of aromatic nitrogens is 1. The Morgan fingerprint density at radius 2 is 1.70 bits per heavy atom. The maximum Gasteiger partial charge on any atom is 0.252 e. The lowest BCUT2D eigenvalue weighted by Gasteiger charge is -2.12. The summed E-state index contributed by atoms with van der Waals surface area (Å²) in [6.07, 6.45) is 0. The number of ether oxygens (including phenoxy) is 1. The van der Waals surface area contributed by atoms with E-state index in [0.717, 1.165) is 33.5 Å². The first kappa shape index (κ1) is 19.6. The summed E-state index contributed by atoms with van der Waals surface area (Å²) in [4.78, 5) is 17.9. The van der Waals surface area contributed by atoms with Crippen LogP contribution in [0.25, 0.3) is 22.2 Å². The number of amides is 1. The first-order valence-electron chi connectivity index (χ1n) is 9.93. The highest BCUT2D eigenvalue weighted by Crippen LogP contribution is 2.26. The molecular weight excluding hydrogens is 372 g/mol. The standard InChI is InChI=1S/C26H24N2O2/c1-17-8-11-20(14-18(17)2)25-15-23(22-6-4-5-7-24(22)28-25)26(29)27-16-19-9-12-21(30-3)13-10-19/h4-15H,16H2,1-3H3,(H,27,29). The van der Waals surface area contributed by atoms with Crippen LogP contribution in [0.3, 0.4) is 0 Å². The van der Waals surface area contributed by atoms with Gasteiger partial charge in [0.25, 0.3) is 5.91 Å². The number of carbonyl (C=O) groups excluding carboxylic acids is 1. The highest BCUT2D eigenvalue weighted by molar-refractivity contribution is 6.07. The zero-order valence-electron chi connectivity index (χ0n) is 17.4. The van der Waals surface area contributed by atoms with Gasteiger partial charge in [0, 0.05) is 17.5 Å². The maximum atomic E-state index is 13.1. The van der Waals surface area contributed by atoms with Crippen molar-refractivity contribution in [1.82, 2.24) is 10.3 Å². The van der Waals surface area contributed by atoms with Crippen LogP contribution in [0.4, 0.5) is 0 Å². The molecule has 3 aromatic carbocycles. The van der Waals surface area contributed by atoms with Gasteiger partial charge in [-0.05, 0) is 60.9 Å². The number of pyridine rings is 1. The summed E-state index contributed by atoms with van der Waals surface area (Å²) >= 11 is 0. The molecule has 1 amide bonds. The first-order chi connectivity index (χ1) is 14.5. The van der Waals surface area contributed by atoms with Crippen LogP contribution < -0.4 is 10.1 Å². The third-order valence-electron chi connectivity index (χ3n) is 5.38. The van der Waals surface area contributed by atoms with Crippen molar-refractivity contribution in [3.8, 4) is 17.0 Å². The van der Waals surface area contributed by atoms with E-state index in [1.165, 1.54) is 11.1 Å². The van der Waals surface area contributed by atoms with Crippen molar-refractivity contribution in [1.29, 1.82) is 0 Å². The predicted molar refractivity (Wildman–Crippen MR) is 121 cm³/mol. The average molecular weight is 396 g/mol. The number of hydrogen-bond donors (Lipinski definition) is 1. The monoisotopic (exact) mass is 396 g/mol. The molecule has 0 saturated carbocycles. The van der Waals surface area contributed by atoms with Crippen LogP contribution in [-0.2, 0) is 6.54 Å². The highest BCUT2D eigenvalue weighted by atomic mass is 16.5. The van der Waals surface area contributed by atoms with Crippen molar-refractivity contribution in [2.24, 2.45) is 0 Å². The molecule has 0 fully saturated rings. The van der Waals surface area contributed by atoms with E-state index in [0.29, 0.717) is 12.1 Å². The number of benzene rings is 3. The highest BCUT2D eigenvalue weighted by Gasteiger charge is 2.14. The molecule has 0 aliphatic carbocycles. The summed E-state index contributed by atoms with van der Waals surface area (Å²) in [7, 11) is 1.64. The van der Waals surface area contributed by atoms with Crippen molar-refractivity contribution in [3.63, 3.8) is 0 Å². The number of aryl methyl sites for hydroxylation is 2. The Labute approximate surface area is 176 Å². The molecule has 0 atom stereocenters. The zero-order valence-corrected chi connectivity index (χ0v) is 17.4. The Balaban J connectivity index is 1.67. The Morgan fingerprint density at radius 3 is 2.43 bits per heavy atom. The van der Waals surface area contributed by atoms with E-state index in [1.807, 2.05) is 54.6 Å². The average Bonchev–Trinajstić information content (AvgIpc) is 2.78. The molecule has 30 heavy (non-hydrogen) atoms. The number of rotatable bonds is 5. The van der Waals surface area contributed by atoms with Gasteiger partial charge in [0.1, 0.15) is 5.75 Å². The molecule has 4 aromatic rings. The molecule has 150 valence electrons. The number of fused-ring (bicyclic) bond motifs is 1. The van der Waals surface area contributed by atoms with Crippen LogP contribution >= 0.6 is 0 Å². The number of para-hydroxylation sites is 1. The van der Waals surface area contributed by atoms with E-state index in [-0.39, 0.29) is 5.91 Å². The molecule has 1 N–H and O–H groups in total. The summed E-state index contributed by atoms with van der Waals surface area (Å²) in [5.41, 5.74) is 6.69. The first-order valence-corrected chi connectivity index (χ1v) is 9.93. The number of carbonyl (C=O) groups is 1. The number of nitrogens with zero attached hydrogens (tertiary/aromatic N) is 1. The van der Waals surface area contributed by atoms with Gasteiger partial charge in [-0.3, -0.25) is 4.79 Å². The topological polar surface area (TPSA) is 51.2 Å². The molecule has 0 aliphatic rings. The molecule has 0 spiro atoms. The fourth-order valence-corrected chi connectivity index (χ4v) is 3.43. The fraction of sp³-hybridized carbons (Fsp3) is 0.154. The largest absolute Gasteiger partial charge is 0.497 e. The summed E-state index contributed by atoms with van der Waals surface area (Å²) in [5.74, 6) is 0.678. The molecule has 0 saturated heterocycles. The number of hydrogen-bond acceptors (Lipinski definition) is 3. The summed E-state index contributed by atoms with van der Waals surface area (Å²) in [5, 5.41) is 3.88. The third-order valence-corrected chi connectivity index (χ3v) is 5.38. The Bertz CT molecular complexity index is 1210. The second kappa shape index (κ2) is 8.37. The SMILES string of the molecule is COc1ccc(CNC(=O)c2cc(-c3ccc(C)c(C)c3)nc3ccccc23)cc1. The summed E-state index contributed by atoms with van der Waals surface area (Å²) in [6.45, 7) is 4.62. The molecule has 1 heterocycles. The van der Waals surface area contributed by atoms with E-state index < -0.39 is 0 Å². The lowest BCUT2D eigenvalue weighted by atomic mass is 10.0. The molecule has 0 aliphatic heterocycles. The van der Waals surface area contributed by atoms with Gasteiger partial charge in [-0.25, -0.2) is 4.98 Å². The lowest BCUT2D eigenvalue weighted by Crippen LogP contribution is -2.23. The van der Waals surface area contributed by atoms with Crippen molar-refractivity contribution in [2.75, 3.05) is 7.11 Å². The quantitative estimate of drug-likeness (QED) is 0.487. The minimum Gasteiger partial charge on any atom is -0.497 e. The normalized spacial score (nSPS) is 10.8. The van der Waals surface area contributed by atoms with Gasteiger partial charge in [-0.1, -0.05) is 42.5 Å². The van der Waals surface area contributed by atoms with Gasteiger partial charge in [-0.15, -0.1) is 0 Å². The molecule has 1 aromatic heterocycles. The van der Waals surface area contributed by atoms with Gasteiger partial charge in [0.2, 0.25) is 0 Å². The smallest absolute Gasteiger partial charge is 0.252 e. The van der Waals surface area contributed by atoms with Gasteiger partial charge in [-0.2, -0.15) is 0 Å². The molecule has 0 unspecified atom stereocenters. The van der Waals surface area contributed by atoms with E-state index in [9.17, 15) is 4.79 Å². The molecule has 0 bridgehead atoms. The van der Waals surface area contributed by atoms with Crippen LogP contribution in [0.5, 0.6) is 5.75 Å². The minimum atomic E-state index is -0.116. The Morgan fingerprint density at radius 1 is 0.933 bits per heavy atom. The number of methoxy groups -OCH3 is 1. The van der Waals surface area contributed by atoms with Crippen molar-refractivity contribution < 1.29 is 9.53 Å². The van der Waals surface area contributed by atoms with E-state index >= 15 is 0 Å². The zero-order chi connectivity index (χ0) is 21.1. The van der Waals surface area contributed by atoms with Crippen LogP contribution in [0.1, 0.15) is 27.0 Å². The number of nitrogens with one attached hydrogen (secondary N) is 1. The molecule has 4 nitrogen and oxygen atoms in total. The lowest BCUT2D eigenvalue weighted by molar-refractivity contribution is 0.0952. The van der Waals surface area contributed by atoms with Crippen LogP contribution in [0.15, 0.2) is 72.8 Å². The third kappa shape index (κ3) is 4.03. The van der Waals surface area contributed by atoms with E-state index in [4.69, 9.17) is 9.72 Å². The van der Waals surface area contributed by atoms with Crippen LogP contribution in [0, 0.1) is 13.8 Å². The Hall–Kier alpha value is -3.66. The van der Waals surface area contributed by atoms with Gasteiger partial charge >= 0.3 is 0 Å². The van der Waals surface area contributed by atoms with Gasteiger partial charge in [0.05, 0.1) is 23.9 Å². The van der Waals surface area contributed by atoms with E-state index in [1.54, 1.807) is 7.11 Å². The van der Waals surface area contributed by atoms with E-state index in [2.05, 4.69) is 37.4 Å². The maximum absolute atomic E-state index is 13.1. The van der Waals surface area contributed by atoms with Crippen molar-refractivity contribution in [3.05, 3.63) is 95.1 Å². The molecule has 0 radical (unpaired) electrons. The second-order valence-electron chi connectivity index (χ2n) is 7.40. The molecule has 4 rings (SSSR count). The summed E-state index contributed by atoms with van der Waals surface area (Å²) < 4.78 is 5.19. The van der Waals surface area contributed by atoms with Gasteiger partial charge < -0.3 is 10.1 Å². The van der Waals surface area contributed by atoms with Crippen molar-refractivity contribution in [2.45, 2.75) is 20.4 Å². The fourth-order valence-electron chi connectivity index (χ4n) is 3.43. The van der Waals surface area contributed by atoms with Crippen LogP contribution in [0.2, 0.25) is 0 Å². The Kier molecular flexibility index (Phi) is 5.48. The summed E-state index contributed by atoms with van der Waals surface area (Å²) in [6, 6.07) is 23.6. The minimum absolute atomic E-state index is 0.116. The van der Waals surface area contributed by atoms with Crippen LogP contribution in [-0.4, -0.2) is 18.0 Å². The van der Waals surface area contributed by atoms with Gasteiger partial charge in [0.15, 0.2) is 0 Å². The van der Waals surface area contributed by atoms with Crippen molar-refractivity contribution >= 4 is 16.8 Å². The molecule has 4 heteroatoms. The molecular formula is C26H24N2O2.